The molecule has 1 N–H and O–H groups in total. The van der Waals surface area contributed by atoms with Gasteiger partial charge in [0, 0.05) is 28.5 Å². The van der Waals surface area contributed by atoms with E-state index in [1.54, 1.807) is 35.9 Å². The molecule has 144 valence electrons. The number of carbonyl (C=O) groups excluding carboxylic acids is 1. The van der Waals surface area contributed by atoms with Crippen molar-refractivity contribution in [2.24, 2.45) is 5.10 Å². The highest BCUT2D eigenvalue weighted by molar-refractivity contribution is 7.17. The molecule has 1 aromatic carbocycles. The molecule has 7 heteroatoms. The molecule has 1 amide bonds. The van der Waals surface area contributed by atoms with Crippen molar-refractivity contribution in [3.8, 4) is 11.3 Å². The smallest absolute Gasteiger partial charge is 0.272 e. The molecule has 29 heavy (non-hydrogen) atoms. The first-order valence-electron chi connectivity index (χ1n) is 9.63. The second kappa shape index (κ2) is 7.60. The van der Waals surface area contributed by atoms with E-state index in [1.807, 2.05) is 30.3 Å². The van der Waals surface area contributed by atoms with Crippen LogP contribution in [0.3, 0.4) is 0 Å². The lowest BCUT2D eigenvalue weighted by molar-refractivity contribution is 0.0955. The first-order chi connectivity index (χ1) is 14.3. The molecule has 4 aromatic rings. The van der Waals surface area contributed by atoms with Crippen LogP contribution in [-0.4, -0.2) is 26.5 Å². The maximum absolute atomic E-state index is 12.3. The van der Waals surface area contributed by atoms with Crippen molar-refractivity contribution in [2.75, 3.05) is 0 Å². The normalized spacial score (nSPS) is 13.7. The van der Waals surface area contributed by atoms with E-state index in [0.29, 0.717) is 5.56 Å². The molecule has 6 nitrogen and oxygen atoms in total. The fraction of sp³-hybridized carbons (Fsp3) is 0.182. The highest BCUT2D eigenvalue weighted by Gasteiger charge is 2.22. The standard InChI is InChI=1S/C22H19N5OS/c28-21(16-9-6-12-23-13-16)26-24-14-18-20(15-7-2-1-3-8-15)25-22-27(18)17-10-4-5-11-19(17)29-22/h1-3,6-9,12-14H,4-5,10-11H2,(H,26,28)/b24-14+. The number of aromatic nitrogens is 3. The molecule has 0 unspecified atom stereocenters. The number of hydrogen-bond acceptors (Lipinski definition) is 5. The van der Waals surface area contributed by atoms with Crippen molar-refractivity contribution in [1.82, 2.24) is 19.8 Å². The van der Waals surface area contributed by atoms with E-state index in [2.05, 4.69) is 19.9 Å². The van der Waals surface area contributed by atoms with Crippen LogP contribution in [-0.2, 0) is 12.8 Å². The molecule has 3 aromatic heterocycles. The number of hydrogen-bond donors (Lipinski definition) is 1. The average molecular weight is 401 g/mol. The predicted molar refractivity (Wildman–Crippen MR) is 114 cm³/mol. The molecule has 0 aliphatic heterocycles. The van der Waals surface area contributed by atoms with Gasteiger partial charge in [-0.1, -0.05) is 30.3 Å². The Morgan fingerprint density at radius 3 is 2.83 bits per heavy atom. The van der Waals surface area contributed by atoms with Crippen LogP contribution >= 0.6 is 11.3 Å². The summed E-state index contributed by atoms with van der Waals surface area (Å²) >= 11 is 1.76. The Morgan fingerprint density at radius 1 is 1.14 bits per heavy atom. The quantitative estimate of drug-likeness (QED) is 0.413. The molecule has 1 aliphatic rings. The second-order valence-corrected chi connectivity index (χ2v) is 8.01. The minimum absolute atomic E-state index is 0.288. The van der Waals surface area contributed by atoms with E-state index in [0.717, 1.165) is 34.8 Å². The van der Waals surface area contributed by atoms with Gasteiger partial charge in [-0.15, -0.1) is 11.3 Å². The summed E-state index contributed by atoms with van der Waals surface area (Å²) in [4.78, 5) is 23.6. The highest BCUT2D eigenvalue weighted by Crippen LogP contribution is 2.34. The van der Waals surface area contributed by atoms with Crippen LogP contribution in [0.2, 0.25) is 0 Å². The Kier molecular flexibility index (Phi) is 4.65. The summed E-state index contributed by atoms with van der Waals surface area (Å²) in [5.41, 5.74) is 7.22. The van der Waals surface area contributed by atoms with Gasteiger partial charge in [0.05, 0.1) is 23.2 Å². The Morgan fingerprint density at radius 2 is 2.00 bits per heavy atom. The zero-order valence-electron chi connectivity index (χ0n) is 15.7. The second-order valence-electron chi connectivity index (χ2n) is 6.95. The number of hydrazone groups is 1. The summed E-state index contributed by atoms with van der Waals surface area (Å²) in [6, 6.07) is 13.5. The summed E-state index contributed by atoms with van der Waals surface area (Å²) in [6.45, 7) is 0. The van der Waals surface area contributed by atoms with Crippen molar-refractivity contribution in [1.29, 1.82) is 0 Å². The van der Waals surface area contributed by atoms with Gasteiger partial charge in [0.25, 0.3) is 5.91 Å². The monoisotopic (exact) mass is 401 g/mol. The lowest BCUT2D eigenvalue weighted by Gasteiger charge is -2.11. The molecule has 0 fully saturated rings. The fourth-order valence-electron chi connectivity index (χ4n) is 3.70. The third-order valence-corrected chi connectivity index (χ3v) is 6.22. The molecule has 0 saturated carbocycles. The summed E-state index contributed by atoms with van der Waals surface area (Å²) < 4.78 is 2.21. The van der Waals surface area contributed by atoms with Crippen molar-refractivity contribution in [3.63, 3.8) is 0 Å². The maximum Gasteiger partial charge on any atom is 0.272 e. The number of amides is 1. The largest absolute Gasteiger partial charge is 0.285 e. The van der Waals surface area contributed by atoms with Gasteiger partial charge >= 0.3 is 0 Å². The van der Waals surface area contributed by atoms with Gasteiger partial charge in [0.2, 0.25) is 0 Å². The lowest BCUT2D eigenvalue weighted by atomic mass is 10.0. The molecule has 0 saturated heterocycles. The van der Waals surface area contributed by atoms with Crippen molar-refractivity contribution in [2.45, 2.75) is 25.7 Å². The van der Waals surface area contributed by atoms with E-state index in [4.69, 9.17) is 4.98 Å². The Balaban J connectivity index is 1.55. The molecule has 0 radical (unpaired) electrons. The molecule has 5 rings (SSSR count). The SMILES string of the molecule is O=C(N/N=C/c1c(-c2ccccc2)nc2sc3c(n12)CCCC3)c1cccnc1. The van der Waals surface area contributed by atoms with Crippen molar-refractivity contribution in [3.05, 3.63) is 76.7 Å². The number of nitrogens with zero attached hydrogens (tertiary/aromatic N) is 4. The number of benzene rings is 1. The molecular weight excluding hydrogens is 382 g/mol. The first-order valence-corrected chi connectivity index (χ1v) is 10.4. The fourth-order valence-corrected chi connectivity index (χ4v) is 4.92. The highest BCUT2D eigenvalue weighted by atomic mass is 32.1. The van der Waals surface area contributed by atoms with Crippen LogP contribution in [0.5, 0.6) is 0 Å². The Bertz CT molecular complexity index is 1190. The Hall–Kier alpha value is -3.32. The van der Waals surface area contributed by atoms with E-state index >= 15 is 0 Å². The van der Waals surface area contributed by atoms with E-state index < -0.39 is 0 Å². The number of thiazole rings is 1. The van der Waals surface area contributed by atoms with Gasteiger partial charge in [-0.05, 0) is 37.8 Å². The third kappa shape index (κ3) is 3.34. The summed E-state index contributed by atoms with van der Waals surface area (Å²) in [7, 11) is 0. The maximum atomic E-state index is 12.3. The minimum Gasteiger partial charge on any atom is -0.285 e. The lowest BCUT2D eigenvalue weighted by Crippen LogP contribution is -2.18. The third-order valence-electron chi connectivity index (χ3n) is 5.08. The number of rotatable bonds is 4. The molecule has 1 aliphatic carbocycles. The zero-order chi connectivity index (χ0) is 19.6. The number of aryl methyl sites for hydroxylation is 2. The predicted octanol–water partition coefficient (Wildman–Crippen LogP) is 4.10. The van der Waals surface area contributed by atoms with E-state index in [1.165, 1.54) is 29.6 Å². The molecular formula is C22H19N5OS. The van der Waals surface area contributed by atoms with Crippen LogP contribution in [0.15, 0.2) is 60.0 Å². The topological polar surface area (TPSA) is 71.7 Å². The van der Waals surface area contributed by atoms with Crippen molar-refractivity contribution >= 4 is 28.4 Å². The molecule has 0 bridgehead atoms. The molecule has 0 spiro atoms. The van der Waals surface area contributed by atoms with E-state index in [9.17, 15) is 4.79 Å². The van der Waals surface area contributed by atoms with Crippen LogP contribution in [0.4, 0.5) is 0 Å². The summed E-state index contributed by atoms with van der Waals surface area (Å²) in [5.74, 6) is -0.288. The number of pyridine rings is 1. The van der Waals surface area contributed by atoms with Gasteiger partial charge < -0.3 is 0 Å². The van der Waals surface area contributed by atoms with Gasteiger partial charge in [0.15, 0.2) is 4.96 Å². The number of fused-ring (bicyclic) bond motifs is 3. The van der Waals surface area contributed by atoms with Gasteiger partial charge in [-0.2, -0.15) is 5.10 Å². The summed E-state index contributed by atoms with van der Waals surface area (Å²) in [6.07, 6.45) is 9.43. The summed E-state index contributed by atoms with van der Waals surface area (Å²) in [5, 5.41) is 4.25. The van der Waals surface area contributed by atoms with Crippen LogP contribution in [0.25, 0.3) is 16.2 Å². The van der Waals surface area contributed by atoms with Gasteiger partial charge in [-0.25, -0.2) is 10.4 Å². The molecule has 3 heterocycles. The molecule has 0 atom stereocenters. The zero-order valence-corrected chi connectivity index (χ0v) is 16.5. The van der Waals surface area contributed by atoms with E-state index in [-0.39, 0.29) is 5.91 Å². The van der Waals surface area contributed by atoms with Crippen LogP contribution < -0.4 is 5.43 Å². The first kappa shape index (κ1) is 17.8. The number of carbonyl (C=O) groups is 1. The van der Waals surface area contributed by atoms with Crippen LogP contribution in [0, 0.1) is 0 Å². The van der Waals surface area contributed by atoms with Gasteiger partial charge in [0.1, 0.15) is 0 Å². The average Bonchev–Trinajstić information content (AvgIpc) is 3.31. The minimum atomic E-state index is -0.288. The van der Waals surface area contributed by atoms with Gasteiger partial charge in [-0.3, -0.25) is 14.2 Å². The Labute approximate surface area is 172 Å². The van der Waals surface area contributed by atoms with Crippen LogP contribution in [0.1, 0.15) is 39.5 Å². The number of imidazole rings is 1. The van der Waals surface area contributed by atoms with Crippen molar-refractivity contribution < 1.29 is 4.79 Å². The number of nitrogens with one attached hydrogen (secondary N) is 1.